The van der Waals surface area contributed by atoms with Crippen LogP contribution in [0.3, 0.4) is 0 Å². The van der Waals surface area contributed by atoms with E-state index in [-0.39, 0.29) is 11.7 Å². The molecule has 0 aromatic heterocycles. The van der Waals surface area contributed by atoms with Gasteiger partial charge in [0, 0.05) is 12.4 Å². The molecule has 1 spiro atoms. The van der Waals surface area contributed by atoms with Crippen molar-refractivity contribution in [2.75, 3.05) is 18.1 Å². The van der Waals surface area contributed by atoms with Crippen LogP contribution in [-0.2, 0) is 4.74 Å². The minimum Gasteiger partial charge on any atom is -0.393 e. The smallest absolute Gasteiger partial charge is 0.0783 e. The maximum absolute atomic E-state index is 10.5. The summed E-state index contributed by atoms with van der Waals surface area (Å²) in [6.07, 6.45) is 13.6. The lowest BCUT2D eigenvalue weighted by molar-refractivity contribution is -0.102. The number of unbranched alkanes of at least 4 members (excludes halogenated alkanes) is 6. The summed E-state index contributed by atoms with van der Waals surface area (Å²) >= 11 is 2.02. The molecule has 0 aromatic rings. The van der Waals surface area contributed by atoms with Crippen LogP contribution in [-0.4, -0.2) is 34.9 Å². The molecular formula is C18H34O2S. The Morgan fingerprint density at radius 2 is 1.95 bits per heavy atom. The Labute approximate surface area is 135 Å². The monoisotopic (exact) mass is 314 g/mol. The van der Waals surface area contributed by atoms with Crippen molar-refractivity contribution >= 4 is 11.8 Å². The zero-order chi connectivity index (χ0) is 15.0. The number of hydrogen-bond acceptors (Lipinski definition) is 3. The van der Waals surface area contributed by atoms with Crippen molar-refractivity contribution in [3.63, 3.8) is 0 Å². The average molecular weight is 315 g/mol. The van der Waals surface area contributed by atoms with Gasteiger partial charge < -0.3 is 9.84 Å². The van der Waals surface area contributed by atoms with Gasteiger partial charge in [0.1, 0.15) is 0 Å². The van der Waals surface area contributed by atoms with Gasteiger partial charge in [-0.15, -0.1) is 0 Å². The fraction of sp³-hybridized carbons (Fsp3) is 1.00. The fourth-order valence-corrected chi connectivity index (χ4v) is 5.18. The van der Waals surface area contributed by atoms with Crippen LogP contribution in [0.1, 0.15) is 77.6 Å². The van der Waals surface area contributed by atoms with Crippen LogP contribution in [0, 0.1) is 5.92 Å². The van der Waals surface area contributed by atoms with E-state index in [0.29, 0.717) is 5.92 Å². The summed E-state index contributed by atoms with van der Waals surface area (Å²) in [6, 6.07) is 0. The molecule has 21 heavy (non-hydrogen) atoms. The molecular weight excluding hydrogens is 280 g/mol. The van der Waals surface area contributed by atoms with Crippen molar-refractivity contribution < 1.29 is 9.84 Å². The van der Waals surface area contributed by atoms with Gasteiger partial charge in [-0.1, -0.05) is 51.9 Å². The molecule has 3 unspecified atom stereocenters. The van der Waals surface area contributed by atoms with Crippen LogP contribution in [0.2, 0.25) is 0 Å². The van der Waals surface area contributed by atoms with Gasteiger partial charge in [0.05, 0.1) is 11.7 Å². The molecule has 2 saturated heterocycles. The molecule has 1 N–H and O–H groups in total. The Balaban J connectivity index is 1.58. The summed E-state index contributed by atoms with van der Waals surface area (Å²) in [4.78, 5) is 0. The lowest BCUT2D eigenvalue weighted by Crippen LogP contribution is -2.43. The van der Waals surface area contributed by atoms with E-state index in [2.05, 4.69) is 6.92 Å². The fourth-order valence-electron chi connectivity index (χ4n) is 3.80. The zero-order valence-corrected chi connectivity index (χ0v) is 14.6. The maximum Gasteiger partial charge on any atom is 0.0783 e. The summed E-state index contributed by atoms with van der Waals surface area (Å²) < 4.78 is 6.06. The highest BCUT2D eigenvalue weighted by atomic mass is 32.2. The van der Waals surface area contributed by atoms with Crippen LogP contribution in [0.15, 0.2) is 0 Å². The number of hydrogen-bond donors (Lipinski definition) is 1. The largest absolute Gasteiger partial charge is 0.393 e. The van der Waals surface area contributed by atoms with Crippen molar-refractivity contribution in [3.05, 3.63) is 0 Å². The molecule has 124 valence electrons. The molecule has 2 rings (SSSR count). The molecule has 0 bridgehead atoms. The topological polar surface area (TPSA) is 29.5 Å². The van der Waals surface area contributed by atoms with Gasteiger partial charge in [0.2, 0.25) is 0 Å². The van der Waals surface area contributed by atoms with E-state index < -0.39 is 0 Å². The van der Waals surface area contributed by atoms with Gasteiger partial charge in [-0.05, 0) is 37.4 Å². The Bertz CT molecular complexity index is 276. The summed E-state index contributed by atoms with van der Waals surface area (Å²) in [7, 11) is 0. The first-order valence-electron chi connectivity index (χ1n) is 9.15. The molecule has 3 heteroatoms. The summed E-state index contributed by atoms with van der Waals surface area (Å²) in [5.74, 6) is 2.87. The number of thioether (sulfide) groups is 1. The molecule has 2 fully saturated rings. The Kier molecular flexibility index (Phi) is 7.90. The number of rotatable bonds is 9. The average Bonchev–Trinajstić information content (AvgIpc) is 2.94. The van der Waals surface area contributed by atoms with Gasteiger partial charge in [-0.3, -0.25) is 0 Å². The minimum absolute atomic E-state index is 0.0907. The molecule has 3 atom stereocenters. The Hall–Kier alpha value is 0.270. The second kappa shape index (κ2) is 9.42. The molecule has 0 radical (unpaired) electrons. The van der Waals surface area contributed by atoms with Crippen molar-refractivity contribution in [2.24, 2.45) is 5.92 Å². The van der Waals surface area contributed by atoms with Gasteiger partial charge in [0.25, 0.3) is 0 Å². The number of aliphatic hydroxyl groups is 1. The minimum atomic E-state index is -0.0907. The SMILES string of the molecule is CCCCCCCCCC(O)C1CCOC2(CCSC2)C1. The van der Waals surface area contributed by atoms with Crippen molar-refractivity contribution in [3.8, 4) is 0 Å². The molecule has 0 aromatic carbocycles. The quantitative estimate of drug-likeness (QED) is 0.620. The van der Waals surface area contributed by atoms with Crippen molar-refractivity contribution in [2.45, 2.75) is 89.3 Å². The lowest BCUT2D eigenvalue weighted by atomic mass is 9.81. The lowest BCUT2D eigenvalue weighted by Gasteiger charge is -2.39. The van der Waals surface area contributed by atoms with Crippen LogP contribution >= 0.6 is 11.8 Å². The molecule has 2 aliphatic heterocycles. The Morgan fingerprint density at radius 3 is 2.67 bits per heavy atom. The second-order valence-electron chi connectivity index (χ2n) is 7.06. The number of aliphatic hydroxyl groups excluding tert-OH is 1. The third-order valence-electron chi connectivity index (χ3n) is 5.25. The molecule has 0 saturated carbocycles. The highest BCUT2D eigenvalue weighted by Gasteiger charge is 2.41. The van der Waals surface area contributed by atoms with E-state index in [1.54, 1.807) is 0 Å². The molecule has 0 aliphatic carbocycles. The van der Waals surface area contributed by atoms with E-state index in [4.69, 9.17) is 4.74 Å². The normalized spacial score (nSPS) is 30.9. The molecule has 2 heterocycles. The van der Waals surface area contributed by atoms with Gasteiger partial charge in [-0.2, -0.15) is 11.8 Å². The third kappa shape index (κ3) is 5.76. The van der Waals surface area contributed by atoms with Gasteiger partial charge in [-0.25, -0.2) is 0 Å². The van der Waals surface area contributed by atoms with E-state index >= 15 is 0 Å². The van der Waals surface area contributed by atoms with E-state index in [1.165, 1.54) is 57.1 Å². The van der Waals surface area contributed by atoms with Gasteiger partial charge >= 0.3 is 0 Å². The van der Waals surface area contributed by atoms with Crippen LogP contribution in [0.4, 0.5) is 0 Å². The summed E-state index contributed by atoms with van der Waals surface area (Å²) in [5, 5.41) is 10.5. The van der Waals surface area contributed by atoms with Crippen molar-refractivity contribution in [1.82, 2.24) is 0 Å². The first kappa shape index (κ1) is 17.6. The summed E-state index contributed by atoms with van der Waals surface area (Å²) in [6.45, 7) is 3.12. The van der Waals surface area contributed by atoms with Crippen LogP contribution in [0.5, 0.6) is 0 Å². The first-order valence-corrected chi connectivity index (χ1v) is 10.3. The second-order valence-corrected chi connectivity index (χ2v) is 8.17. The summed E-state index contributed by atoms with van der Waals surface area (Å²) in [5.41, 5.74) is 0.120. The zero-order valence-electron chi connectivity index (χ0n) is 13.8. The third-order valence-corrected chi connectivity index (χ3v) is 6.47. The van der Waals surface area contributed by atoms with Crippen LogP contribution in [0.25, 0.3) is 0 Å². The van der Waals surface area contributed by atoms with E-state index in [9.17, 15) is 5.11 Å². The highest BCUT2D eigenvalue weighted by Crippen LogP contribution is 2.41. The highest BCUT2D eigenvalue weighted by molar-refractivity contribution is 7.99. The van der Waals surface area contributed by atoms with Crippen LogP contribution < -0.4 is 0 Å². The van der Waals surface area contributed by atoms with E-state index in [0.717, 1.165) is 31.6 Å². The predicted octanol–water partition coefficient (Wildman–Crippen LogP) is 4.79. The molecule has 2 nitrogen and oxygen atoms in total. The molecule has 2 aliphatic rings. The number of ether oxygens (including phenoxy) is 1. The molecule has 0 amide bonds. The van der Waals surface area contributed by atoms with Gasteiger partial charge in [0.15, 0.2) is 0 Å². The maximum atomic E-state index is 10.5. The Morgan fingerprint density at radius 1 is 1.19 bits per heavy atom. The first-order chi connectivity index (χ1) is 10.3. The van der Waals surface area contributed by atoms with E-state index in [1.807, 2.05) is 11.8 Å². The predicted molar refractivity (Wildman–Crippen MR) is 92.0 cm³/mol. The standard InChI is InChI=1S/C18H34O2S/c1-2-3-4-5-6-7-8-9-17(19)16-10-12-20-18(14-16)11-13-21-15-18/h16-17,19H,2-15H2,1H3. The van der Waals surface area contributed by atoms with Crippen molar-refractivity contribution in [1.29, 1.82) is 0 Å².